The highest BCUT2D eigenvalue weighted by atomic mass is 16.5. The van der Waals surface area contributed by atoms with Crippen LogP contribution in [-0.4, -0.2) is 27.0 Å². The van der Waals surface area contributed by atoms with Gasteiger partial charge in [-0.25, -0.2) is 0 Å². The molecule has 8 heteroatoms. The third-order valence-corrected chi connectivity index (χ3v) is 4.38. The molecule has 0 fully saturated rings. The van der Waals surface area contributed by atoms with Gasteiger partial charge in [-0.3, -0.25) is 9.59 Å². The molecule has 28 heavy (non-hydrogen) atoms. The maximum absolute atomic E-state index is 12.4. The van der Waals surface area contributed by atoms with Gasteiger partial charge in [-0.2, -0.15) is 0 Å². The van der Waals surface area contributed by atoms with E-state index in [0.717, 1.165) is 11.1 Å². The molecule has 1 aliphatic heterocycles. The first kappa shape index (κ1) is 17.7. The summed E-state index contributed by atoms with van der Waals surface area (Å²) in [5.74, 6) is 0.188. The largest absolute Gasteiger partial charge is 0.459 e. The van der Waals surface area contributed by atoms with Crippen molar-refractivity contribution in [1.82, 2.24) is 15.1 Å². The molecule has 3 heterocycles. The lowest BCUT2D eigenvalue weighted by atomic mass is 9.94. The minimum absolute atomic E-state index is 0.0140. The number of amides is 1. The highest BCUT2D eigenvalue weighted by Gasteiger charge is 2.29. The van der Waals surface area contributed by atoms with E-state index in [4.69, 9.17) is 13.6 Å². The molecule has 4 rings (SSSR count). The monoisotopic (exact) mass is 379 g/mol. The zero-order valence-electron chi connectivity index (χ0n) is 15.1. The molecule has 1 amide bonds. The van der Waals surface area contributed by atoms with Crippen LogP contribution in [0.25, 0.3) is 17.7 Å². The molecule has 0 bridgehead atoms. The summed E-state index contributed by atoms with van der Waals surface area (Å²) in [5.41, 5.74) is 1.87. The van der Waals surface area contributed by atoms with Gasteiger partial charge >= 0.3 is 5.97 Å². The first-order valence-electron chi connectivity index (χ1n) is 8.70. The molecule has 0 unspecified atom stereocenters. The van der Waals surface area contributed by atoms with Crippen molar-refractivity contribution in [3.8, 4) is 11.7 Å². The van der Waals surface area contributed by atoms with Gasteiger partial charge in [0.1, 0.15) is 0 Å². The van der Waals surface area contributed by atoms with Crippen LogP contribution >= 0.6 is 0 Å². The standard InChI is InChI=1S/C20H17N3O5/c1-13(24)23-9-8-14-5-2-3-6-15(14)16(23)11-19(25)27-12-18-21-22-20(28-18)17-7-4-10-26-17/h2-10,16H,11-12H2,1H3/t16-/m0/s1. The van der Waals surface area contributed by atoms with Crippen molar-refractivity contribution in [3.63, 3.8) is 0 Å². The van der Waals surface area contributed by atoms with Crippen molar-refractivity contribution in [1.29, 1.82) is 0 Å². The summed E-state index contributed by atoms with van der Waals surface area (Å²) < 4.78 is 15.9. The second-order valence-corrected chi connectivity index (χ2v) is 6.23. The van der Waals surface area contributed by atoms with Gasteiger partial charge in [0, 0.05) is 13.1 Å². The van der Waals surface area contributed by atoms with Crippen LogP contribution in [0.3, 0.4) is 0 Å². The Hall–Kier alpha value is -3.68. The van der Waals surface area contributed by atoms with E-state index in [1.807, 2.05) is 30.3 Å². The first-order valence-corrected chi connectivity index (χ1v) is 8.70. The Balaban J connectivity index is 1.42. The Bertz CT molecular complexity index is 1020. The summed E-state index contributed by atoms with van der Waals surface area (Å²) in [7, 11) is 0. The van der Waals surface area contributed by atoms with Crippen molar-refractivity contribution in [3.05, 3.63) is 65.9 Å². The number of hydrogen-bond donors (Lipinski definition) is 0. The Morgan fingerprint density at radius 2 is 2.04 bits per heavy atom. The molecule has 1 aliphatic rings. The van der Waals surface area contributed by atoms with Crippen LogP contribution < -0.4 is 0 Å². The third-order valence-electron chi connectivity index (χ3n) is 4.38. The zero-order chi connectivity index (χ0) is 19.5. The van der Waals surface area contributed by atoms with Crippen LogP contribution in [0.15, 0.2) is 57.7 Å². The summed E-state index contributed by atoms with van der Waals surface area (Å²) in [6.45, 7) is 1.31. The number of carbonyl (C=O) groups is 2. The Kier molecular flexibility index (Phi) is 4.76. The quantitative estimate of drug-likeness (QED) is 0.627. The highest BCUT2D eigenvalue weighted by Crippen LogP contribution is 2.33. The van der Waals surface area contributed by atoms with Crippen molar-refractivity contribution in [2.45, 2.75) is 26.0 Å². The van der Waals surface area contributed by atoms with Crippen molar-refractivity contribution in [2.24, 2.45) is 0 Å². The number of rotatable bonds is 5. The molecular formula is C20H17N3O5. The molecule has 8 nitrogen and oxygen atoms in total. The summed E-state index contributed by atoms with van der Waals surface area (Å²) in [6.07, 6.45) is 5.06. The minimum Gasteiger partial charge on any atom is -0.459 e. The van der Waals surface area contributed by atoms with Crippen LogP contribution in [0.5, 0.6) is 0 Å². The lowest BCUT2D eigenvalue weighted by molar-refractivity contribution is -0.147. The topological polar surface area (TPSA) is 98.7 Å². The number of fused-ring (bicyclic) bond motifs is 1. The van der Waals surface area contributed by atoms with E-state index in [9.17, 15) is 9.59 Å². The molecule has 0 radical (unpaired) electrons. The van der Waals surface area contributed by atoms with Gasteiger partial charge in [0.15, 0.2) is 12.4 Å². The summed E-state index contributed by atoms with van der Waals surface area (Å²) in [4.78, 5) is 25.9. The molecule has 0 aliphatic carbocycles. The molecule has 1 atom stereocenters. The van der Waals surface area contributed by atoms with E-state index in [1.165, 1.54) is 18.1 Å². The van der Waals surface area contributed by atoms with Gasteiger partial charge in [-0.05, 0) is 29.3 Å². The average Bonchev–Trinajstić information content (AvgIpc) is 3.38. The fraction of sp³-hybridized carbons (Fsp3) is 0.200. The fourth-order valence-electron chi connectivity index (χ4n) is 3.08. The van der Waals surface area contributed by atoms with Crippen molar-refractivity contribution in [2.75, 3.05) is 0 Å². The predicted molar refractivity (Wildman–Crippen MR) is 97.2 cm³/mol. The molecule has 3 aromatic rings. The van der Waals surface area contributed by atoms with Gasteiger partial charge in [0.05, 0.1) is 18.7 Å². The van der Waals surface area contributed by atoms with E-state index >= 15 is 0 Å². The second kappa shape index (κ2) is 7.51. The maximum Gasteiger partial charge on any atom is 0.308 e. The molecule has 0 saturated carbocycles. The SMILES string of the molecule is CC(=O)N1C=Cc2ccccc2[C@@H]1CC(=O)OCc1nnc(-c2ccco2)o1. The van der Waals surface area contributed by atoms with Crippen molar-refractivity contribution < 1.29 is 23.2 Å². The predicted octanol–water partition coefficient (Wildman–Crippen LogP) is 3.34. The molecule has 0 spiro atoms. The second-order valence-electron chi connectivity index (χ2n) is 6.23. The number of carbonyl (C=O) groups excluding carboxylic acids is 2. The number of ether oxygens (including phenoxy) is 1. The number of esters is 1. The molecular weight excluding hydrogens is 362 g/mol. The number of benzene rings is 1. The Morgan fingerprint density at radius 3 is 2.82 bits per heavy atom. The van der Waals surface area contributed by atoms with E-state index in [2.05, 4.69) is 10.2 Å². The first-order chi connectivity index (χ1) is 13.6. The molecule has 2 aromatic heterocycles. The minimum atomic E-state index is -0.473. The van der Waals surface area contributed by atoms with Gasteiger partial charge in [0.25, 0.3) is 11.8 Å². The smallest absolute Gasteiger partial charge is 0.308 e. The summed E-state index contributed by atoms with van der Waals surface area (Å²) in [6, 6.07) is 10.6. The van der Waals surface area contributed by atoms with E-state index in [-0.39, 0.29) is 30.7 Å². The molecule has 142 valence electrons. The maximum atomic E-state index is 12.4. The van der Waals surface area contributed by atoms with E-state index in [0.29, 0.717) is 5.76 Å². The van der Waals surface area contributed by atoms with E-state index in [1.54, 1.807) is 18.3 Å². The Labute approximate surface area is 160 Å². The fourth-order valence-corrected chi connectivity index (χ4v) is 3.08. The van der Waals surface area contributed by atoms with Crippen LogP contribution in [0.1, 0.15) is 36.4 Å². The lowest BCUT2D eigenvalue weighted by Crippen LogP contribution is -2.32. The van der Waals surface area contributed by atoms with Crippen LogP contribution in [0.2, 0.25) is 0 Å². The number of nitrogens with zero attached hydrogens (tertiary/aromatic N) is 3. The zero-order valence-corrected chi connectivity index (χ0v) is 15.1. The van der Waals surface area contributed by atoms with Crippen LogP contribution in [0, 0.1) is 0 Å². The van der Waals surface area contributed by atoms with Crippen molar-refractivity contribution >= 4 is 18.0 Å². The lowest BCUT2D eigenvalue weighted by Gasteiger charge is -2.32. The van der Waals surface area contributed by atoms with Gasteiger partial charge in [-0.15, -0.1) is 10.2 Å². The van der Waals surface area contributed by atoms with E-state index < -0.39 is 12.0 Å². The van der Waals surface area contributed by atoms with Gasteiger partial charge < -0.3 is 18.5 Å². The number of aromatic nitrogens is 2. The summed E-state index contributed by atoms with van der Waals surface area (Å²) >= 11 is 0. The van der Waals surface area contributed by atoms with Gasteiger partial charge in [0.2, 0.25) is 5.91 Å². The normalized spacial score (nSPS) is 15.3. The molecule has 0 saturated heterocycles. The molecule has 1 aromatic carbocycles. The van der Waals surface area contributed by atoms with Gasteiger partial charge in [-0.1, -0.05) is 24.3 Å². The number of furan rings is 1. The Morgan fingerprint density at radius 1 is 1.18 bits per heavy atom. The number of hydrogen-bond acceptors (Lipinski definition) is 7. The third kappa shape index (κ3) is 3.57. The highest BCUT2D eigenvalue weighted by molar-refractivity contribution is 5.80. The van der Waals surface area contributed by atoms with Crippen LogP contribution in [0.4, 0.5) is 0 Å². The summed E-state index contributed by atoms with van der Waals surface area (Å²) in [5, 5.41) is 7.69. The van der Waals surface area contributed by atoms with Crippen LogP contribution in [-0.2, 0) is 20.9 Å². The molecule has 0 N–H and O–H groups in total. The average molecular weight is 379 g/mol.